The zero-order valence-electron chi connectivity index (χ0n) is 9.11. The molecular formula is C11H11Cl2NO3. The molecule has 0 spiro atoms. The summed E-state index contributed by atoms with van der Waals surface area (Å²) in [7, 11) is 1.40. The fourth-order valence-corrected chi connectivity index (χ4v) is 1.82. The molecule has 0 heterocycles. The fraction of sp³-hybridized carbons (Fsp3) is 0.273. The molecule has 92 valence electrons. The highest BCUT2D eigenvalue weighted by atomic mass is 35.5. The van der Waals surface area contributed by atoms with Crippen LogP contribution in [0.3, 0.4) is 0 Å². The predicted molar refractivity (Wildman–Crippen MR) is 66.9 cm³/mol. The summed E-state index contributed by atoms with van der Waals surface area (Å²) in [5.41, 5.74) is 1.16. The number of aliphatic carboxylic acids is 1. The van der Waals surface area contributed by atoms with Gasteiger partial charge in [0.15, 0.2) is 0 Å². The number of carboxylic acid groups (broad SMARTS) is 1. The van der Waals surface area contributed by atoms with E-state index in [-0.39, 0.29) is 12.8 Å². The molecule has 1 aromatic carbocycles. The van der Waals surface area contributed by atoms with Gasteiger partial charge in [0, 0.05) is 22.0 Å². The molecule has 0 fully saturated rings. The maximum atomic E-state index is 10.5. The van der Waals surface area contributed by atoms with Gasteiger partial charge in [-0.25, -0.2) is 0 Å². The lowest BCUT2D eigenvalue weighted by molar-refractivity contribution is -0.136. The maximum absolute atomic E-state index is 10.5. The predicted octanol–water partition coefficient (Wildman–Crippen LogP) is 3.21. The minimum atomic E-state index is -0.901. The summed E-state index contributed by atoms with van der Waals surface area (Å²) in [6.07, 6.45) is 0.214. The SMILES string of the molecule is CO/N=C(\CCC(=O)O)c1cc(Cl)cc(Cl)c1. The molecule has 4 nitrogen and oxygen atoms in total. The Morgan fingerprint density at radius 3 is 2.35 bits per heavy atom. The van der Waals surface area contributed by atoms with Gasteiger partial charge in [0.1, 0.15) is 7.11 Å². The Bertz CT molecular complexity index is 426. The van der Waals surface area contributed by atoms with E-state index in [9.17, 15) is 4.79 Å². The van der Waals surface area contributed by atoms with Crippen LogP contribution < -0.4 is 0 Å². The van der Waals surface area contributed by atoms with Crippen LogP contribution in [-0.4, -0.2) is 23.9 Å². The molecule has 0 radical (unpaired) electrons. The van der Waals surface area contributed by atoms with Crippen molar-refractivity contribution in [2.45, 2.75) is 12.8 Å². The molecule has 1 aromatic rings. The number of benzene rings is 1. The van der Waals surface area contributed by atoms with E-state index in [1.54, 1.807) is 18.2 Å². The van der Waals surface area contributed by atoms with E-state index in [2.05, 4.69) is 9.99 Å². The van der Waals surface area contributed by atoms with Gasteiger partial charge < -0.3 is 9.94 Å². The van der Waals surface area contributed by atoms with Gasteiger partial charge in [0.25, 0.3) is 0 Å². The number of halogens is 2. The normalized spacial score (nSPS) is 11.4. The first kappa shape index (κ1) is 13.8. The number of rotatable bonds is 5. The highest BCUT2D eigenvalue weighted by molar-refractivity contribution is 6.35. The highest BCUT2D eigenvalue weighted by Crippen LogP contribution is 2.21. The maximum Gasteiger partial charge on any atom is 0.303 e. The quantitative estimate of drug-likeness (QED) is 0.663. The molecule has 0 saturated carbocycles. The van der Waals surface area contributed by atoms with Crippen LogP contribution in [0.4, 0.5) is 0 Å². The molecule has 1 rings (SSSR count). The number of hydrogen-bond donors (Lipinski definition) is 1. The van der Waals surface area contributed by atoms with Crippen LogP contribution in [0.5, 0.6) is 0 Å². The second kappa shape index (κ2) is 6.47. The third-order valence-corrected chi connectivity index (χ3v) is 2.41. The van der Waals surface area contributed by atoms with Crippen molar-refractivity contribution in [1.29, 1.82) is 0 Å². The molecule has 6 heteroatoms. The molecule has 0 amide bonds. The zero-order chi connectivity index (χ0) is 12.8. The van der Waals surface area contributed by atoms with Gasteiger partial charge in [-0.1, -0.05) is 28.4 Å². The molecule has 0 saturated heterocycles. The van der Waals surface area contributed by atoms with E-state index in [0.717, 1.165) is 0 Å². The number of carbonyl (C=O) groups is 1. The Morgan fingerprint density at radius 2 is 1.88 bits per heavy atom. The first-order valence-electron chi connectivity index (χ1n) is 4.81. The van der Waals surface area contributed by atoms with Crippen molar-refractivity contribution in [2.24, 2.45) is 5.16 Å². The Hall–Kier alpha value is -1.26. The summed E-state index contributed by atoms with van der Waals surface area (Å²) in [4.78, 5) is 15.2. The van der Waals surface area contributed by atoms with E-state index >= 15 is 0 Å². The molecule has 0 aromatic heterocycles. The summed E-state index contributed by atoms with van der Waals surface area (Å²) in [6, 6.07) is 4.91. The van der Waals surface area contributed by atoms with E-state index in [4.69, 9.17) is 28.3 Å². The molecule has 17 heavy (non-hydrogen) atoms. The van der Waals surface area contributed by atoms with Crippen LogP contribution in [0.1, 0.15) is 18.4 Å². The molecule has 1 N–H and O–H groups in total. The second-order valence-corrected chi connectivity index (χ2v) is 4.15. The standard InChI is InChI=1S/C11H11Cl2NO3/c1-17-14-10(2-3-11(15)16)7-4-8(12)6-9(13)5-7/h4-6H,2-3H2,1H3,(H,15,16)/b14-10+. The van der Waals surface area contributed by atoms with Crippen molar-refractivity contribution in [3.05, 3.63) is 33.8 Å². The Balaban J connectivity index is 2.97. The Labute approximate surface area is 109 Å². The van der Waals surface area contributed by atoms with Gasteiger partial charge in [-0.3, -0.25) is 4.79 Å². The number of oxime groups is 1. The summed E-state index contributed by atoms with van der Waals surface area (Å²) in [5, 5.41) is 13.4. The summed E-state index contributed by atoms with van der Waals surface area (Å²) in [6.45, 7) is 0. The van der Waals surface area contributed by atoms with E-state index in [1.807, 2.05) is 0 Å². The van der Waals surface area contributed by atoms with Gasteiger partial charge in [-0.15, -0.1) is 0 Å². The van der Waals surface area contributed by atoms with Crippen molar-refractivity contribution in [3.63, 3.8) is 0 Å². The lowest BCUT2D eigenvalue weighted by atomic mass is 10.1. The van der Waals surface area contributed by atoms with Crippen LogP contribution in [0, 0.1) is 0 Å². The average Bonchev–Trinajstić information content (AvgIpc) is 2.22. The van der Waals surface area contributed by atoms with E-state index in [1.165, 1.54) is 7.11 Å². The lowest BCUT2D eigenvalue weighted by Crippen LogP contribution is -2.06. The third kappa shape index (κ3) is 4.63. The summed E-state index contributed by atoms with van der Waals surface area (Å²) < 4.78 is 0. The Morgan fingerprint density at radius 1 is 1.29 bits per heavy atom. The van der Waals surface area contributed by atoms with Crippen LogP contribution >= 0.6 is 23.2 Å². The molecule has 0 bridgehead atoms. The first-order valence-corrected chi connectivity index (χ1v) is 5.57. The summed E-state index contributed by atoms with van der Waals surface area (Å²) in [5.74, 6) is -0.901. The van der Waals surface area contributed by atoms with Crippen LogP contribution in [0.15, 0.2) is 23.4 Å². The molecule has 0 aliphatic carbocycles. The van der Waals surface area contributed by atoms with Gasteiger partial charge in [-0.05, 0) is 18.2 Å². The van der Waals surface area contributed by atoms with E-state index < -0.39 is 5.97 Å². The van der Waals surface area contributed by atoms with Crippen molar-refractivity contribution >= 4 is 34.9 Å². The van der Waals surface area contributed by atoms with Crippen molar-refractivity contribution < 1.29 is 14.7 Å². The number of carboxylic acids is 1. The molecule has 0 atom stereocenters. The molecule has 0 aliphatic rings. The van der Waals surface area contributed by atoms with Crippen LogP contribution in [0.2, 0.25) is 10.0 Å². The number of hydrogen-bond acceptors (Lipinski definition) is 3. The fourth-order valence-electron chi connectivity index (χ4n) is 1.30. The van der Waals surface area contributed by atoms with Crippen molar-refractivity contribution in [3.8, 4) is 0 Å². The largest absolute Gasteiger partial charge is 0.481 e. The topological polar surface area (TPSA) is 58.9 Å². The van der Waals surface area contributed by atoms with E-state index in [0.29, 0.717) is 21.3 Å². The molecular weight excluding hydrogens is 265 g/mol. The second-order valence-electron chi connectivity index (χ2n) is 3.27. The zero-order valence-corrected chi connectivity index (χ0v) is 10.6. The van der Waals surface area contributed by atoms with Gasteiger partial charge >= 0.3 is 5.97 Å². The minimum Gasteiger partial charge on any atom is -0.481 e. The average molecular weight is 276 g/mol. The third-order valence-electron chi connectivity index (χ3n) is 1.97. The highest BCUT2D eigenvalue weighted by Gasteiger charge is 2.09. The number of nitrogens with zero attached hydrogens (tertiary/aromatic N) is 1. The van der Waals surface area contributed by atoms with Gasteiger partial charge in [-0.2, -0.15) is 0 Å². The van der Waals surface area contributed by atoms with Crippen LogP contribution in [0.25, 0.3) is 0 Å². The van der Waals surface area contributed by atoms with Gasteiger partial charge in [0.2, 0.25) is 0 Å². The van der Waals surface area contributed by atoms with Crippen molar-refractivity contribution in [2.75, 3.05) is 7.11 Å². The van der Waals surface area contributed by atoms with Crippen molar-refractivity contribution in [1.82, 2.24) is 0 Å². The van der Waals surface area contributed by atoms with Gasteiger partial charge in [0.05, 0.1) is 12.1 Å². The lowest BCUT2D eigenvalue weighted by Gasteiger charge is -2.05. The molecule has 0 unspecified atom stereocenters. The Kier molecular flexibility index (Phi) is 5.25. The minimum absolute atomic E-state index is 0.0354. The first-order chi connectivity index (χ1) is 8.02. The summed E-state index contributed by atoms with van der Waals surface area (Å²) >= 11 is 11.7. The molecule has 0 aliphatic heterocycles. The smallest absolute Gasteiger partial charge is 0.303 e. The monoisotopic (exact) mass is 275 g/mol. The van der Waals surface area contributed by atoms with Crippen LogP contribution in [-0.2, 0) is 9.63 Å².